The second-order valence-corrected chi connectivity index (χ2v) is 6.17. The molecule has 0 aliphatic rings. The van der Waals surface area contributed by atoms with Crippen molar-refractivity contribution in [3.05, 3.63) is 77.3 Å². The lowest BCUT2D eigenvalue weighted by Crippen LogP contribution is -2.07. The second kappa shape index (κ2) is 8.62. The molecule has 0 radical (unpaired) electrons. The maximum atomic E-state index is 14.5. The van der Waals surface area contributed by atoms with Gasteiger partial charge in [0.05, 0.1) is 0 Å². The summed E-state index contributed by atoms with van der Waals surface area (Å²) in [6.45, 7) is 10.00. The van der Waals surface area contributed by atoms with Gasteiger partial charge in [-0.15, -0.1) is 0 Å². The van der Waals surface area contributed by atoms with Gasteiger partial charge in [0.15, 0.2) is 11.6 Å². The Morgan fingerprint density at radius 1 is 0.963 bits per heavy atom. The summed E-state index contributed by atoms with van der Waals surface area (Å²) in [5.74, 6) is -2.73. The Hall–Kier alpha value is -2.95. The quantitative estimate of drug-likeness (QED) is 0.357. The van der Waals surface area contributed by atoms with Crippen LogP contribution in [0.15, 0.2) is 60.1 Å². The van der Waals surface area contributed by atoms with Gasteiger partial charge in [-0.25, -0.2) is 9.18 Å². The van der Waals surface area contributed by atoms with Crippen LogP contribution in [0.2, 0.25) is 0 Å². The van der Waals surface area contributed by atoms with Crippen LogP contribution in [0, 0.1) is 11.6 Å². The van der Waals surface area contributed by atoms with Crippen LogP contribution in [0.4, 0.5) is 8.78 Å². The lowest BCUT2D eigenvalue weighted by Gasteiger charge is -2.13. The number of ether oxygens (including phenoxy) is 2. The molecule has 2 rings (SSSR count). The Labute approximate surface area is 157 Å². The lowest BCUT2D eigenvalue weighted by atomic mass is 10.0. The van der Waals surface area contributed by atoms with Gasteiger partial charge in [0.1, 0.15) is 11.5 Å². The van der Waals surface area contributed by atoms with E-state index in [9.17, 15) is 13.6 Å². The predicted octanol–water partition coefficient (Wildman–Crippen LogP) is 5.94. The molecule has 0 unspecified atom stereocenters. The first-order valence-corrected chi connectivity index (χ1v) is 8.54. The van der Waals surface area contributed by atoms with Gasteiger partial charge in [0, 0.05) is 11.1 Å². The van der Waals surface area contributed by atoms with Gasteiger partial charge in [-0.2, -0.15) is 4.39 Å². The molecule has 2 aromatic carbocycles. The zero-order valence-electron chi connectivity index (χ0n) is 15.9. The third-order valence-corrected chi connectivity index (χ3v) is 4.07. The third-order valence-electron chi connectivity index (χ3n) is 4.07. The van der Waals surface area contributed by atoms with Crippen molar-refractivity contribution in [3.63, 3.8) is 0 Å². The summed E-state index contributed by atoms with van der Waals surface area (Å²) in [5, 5.41) is 0. The van der Waals surface area contributed by atoms with E-state index >= 15 is 0 Å². The number of benzene rings is 2. The molecule has 27 heavy (non-hydrogen) atoms. The van der Waals surface area contributed by atoms with Crippen LogP contribution in [0.25, 0.3) is 11.1 Å². The summed E-state index contributed by atoms with van der Waals surface area (Å²) in [5.41, 5.74) is 2.06. The molecule has 0 fully saturated rings. The number of carbonyl (C=O) groups excluding carboxylic acids is 1. The molecule has 0 saturated heterocycles. The van der Waals surface area contributed by atoms with Crippen LogP contribution in [0.1, 0.15) is 33.3 Å². The van der Waals surface area contributed by atoms with Gasteiger partial charge >= 0.3 is 5.97 Å². The largest absolute Gasteiger partial charge is 0.455 e. The minimum Gasteiger partial charge on any atom is -0.455 e. The van der Waals surface area contributed by atoms with Crippen molar-refractivity contribution in [1.82, 2.24) is 0 Å². The number of carbonyl (C=O) groups is 1. The Balaban J connectivity index is 2.28. The van der Waals surface area contributed by atoms with Crippen molar-refractivity contribution in [1.29, 1.82) is 0 Å². The summed E-state index contributed by atoms with van der Waals surface area (Å²) < 4.78 is 39.4. The van der Waals surface area contributed by atoms with Gasteiger partial charge in [0.25, 0.3) is 0 Å². The fourth-order valence-corrected chi connectivity index (χ4v) is 2.29. The van der Waals surface area contributed by atoms with Crippen LogP contribution in [-0.2, 0) is 16.0 Å². The molecule has 2 aromatic rings. The lowest BCUT2D eigenvalue weighted by molar-refractivity contribution is -0.135. The van der Waals surface area contributed by atoms with E-state index in [1.807, 2.05) is 19.1 Å². The van der Waals surface area contributed by atoms with E-state index in [4.69, 9.17) is 9.47 Å². The molecule has 3 nitrogen and oxygen atoms in total. The Morgan fingerprint density at radius 2 is 1.59 bits per heavy atom. The topological polar surface area (TPSA) is 35.5 Å². The number of esters is 1. The number of hydrogen-bond donors (Lipinski definition) is 0. The van der Waals surface area contributed by atoms with E-state index in [2.05, 4.69) is 6.58 Å². The molecule has 0 aliphatic heterocycles. The van der Waals surface area contributed by atoms with Gasteiger partial charge in [-0.1, -0.05) is 37.8 Å². The highest BCUT2D eigenvalue weighted by atomic mass is 19.2. The van der Waals surface area contributed by atoms with E-state index in [1.54, 1.807) is 12.1 Å². The Kier molecular flexibility index (Phi) is 6.50. The molecular formula is C22H22F2O3. The second-order valence-electron chi connectivity index (χ2n) is 6.17. The standard InChI is InChI=1S/C22H22F2O3/c1-6-16-7-9-17(10-8-16)18-11-12-19(21(24)20(18)23)26-14(4)15(5)27-22(25)13(2)3/h7-12H,2,6H2,1,3-5H3/b15-14+. The number of allylic oxidation sites excluding steroid dienone is 2. The van der Waals surface area contributed by atoms with Crippen LogP contribution in [0.3, 0.4) is 0 Å². The van der Waals surface area contributed by atoms with Crippen LogP contribution in [-0.4, -0.2) is 5.97 Å². The molecule has 0 heterocycles. The van der Waals surface area contributed by atoms with Gasteiger partial charge in [0.2, 0.25) is 5.82 Å². The molecule has 142 valence electrons. The van der Waals surface area contributed by atoms with Gasteiger partial charge in [-0.05, 0) is 50.5 Å². The molecular weight excluding hydrogens is 350 g/mol. The van der Waals surface area contributed by atoms with E-state index in [-0.39, 0.29) is 28.4 Å². The number of aryl methyl sites for hydroxylation is 1. The predicted molar refractivity (Wildman–Crippen MR) is 101 cm³/mol. The monoisotopic (exact) mass is 372 g/mol. The van der Waals surface area contributed by atoms with Crippen molar-refractivity contribution in [2.75, 3.05) is 0 Å². The SMILES string of the molecule is C=C(C)C(=O)O/C(C)=C(\C)Oc1ccc(-c2ccc(CC)cc2)c(F)c1F. The van der Waals surface area contributed by atoms with Crippen molar-refractivity contribution < 1.29 is 23.0 Å². The number of hydrogen-bond acceptors (Lipinski definition) is 3. The Morgan fingerprint density at radius 3 is 2.15 bits per heavy atom. The van der Waals surface area contributed by atoms with E-state index < -0.39 is 17.6 Å². The summed E-state index contributed by atoms with van der Waals surface area (Å²) in [4.78, 5) is 11.5. The molecule has 0 N–H and O–H groups in total. The van der Waals surface area contributed by atoms with E-state index in [0.717, 1.165) is 12.0 Å². The highest BCUT2D eigenvalue weighted by Crippen LogP contribution is 2.31. The fraction of sp³-hybridized carbons (Fsp3) is 0.227. The highest BCUT2D eigenvalue weighted by molar-refractivity contribution is 5.87. The normalized spacial score (nSPS) is 11.6. The number of rotatable bonds is 6. The molecule has 0 atom stereocenters. The van der Waals surface area contributed by atoms with Gasteiger partial charge in [-0.3, -0.25) is 0 Å². The summed E-state index contributed by atoms with van der Waals surface area (Å²) in [6.07, 6.45) is 0.866. The average molecular weight is 372 g/mol. The summed E-state index contributed by atoms with van der Waals surface area (Å²) in [6, 6.07) is 10.1. The third kappa shape index (κ3) is 4.82. The minimum atomic E-state index is -1.11. The molecule has 5 heteroatoms. The first-order valence-electron chi connectivity index (χ1n) is 8.54. The van der Waals surface area contributed by atoms with E-state index in [0.29, 0.717) is 5.56 Å². The zero-order valence-corrected chi connectivity index (χ0v) is 15.9. The molecule has 0 saturated carbocycles. The molecule has 0 aromatic heterocycles. The molecule has 0 aliphatic carbocycles. The van der Waals surface area contributed by atoms with E-state index in [1.165, 1.54) is 32.9 Å². The molecule has 0 bridgehead atoms. The maximum Gasteiger partial charge on any atom is 0.338 e. The fourth-order valence-electron chi connectivity index (χ4n) is 2.29. The molecule has 0 spiro atoms. The zero-order chi connectivity index (χ0) is 20.1. The van der Waals surface area contributed by atoms with Gasteiger partial charge < -0.3 is 9.47 Å². The van der Waals surface area contributed by atoms with Crippen LogP contribution < -0.4 is 4.74 Å². The smallest absolute Gasteiger partial charge is 0.338 e. The minimum absolute atomic E-state index is 0.141. The highest BCUT2D eigenvalue weighted by Gasteiger charge is 2.17. The first-order chi connectivity index (χ1) is 12.7. The molecule has 0 amide bonds. The van der Waals surface area contributed by atoms with Crippen molar-refractivity contribution in [2.24, 2.45) is 0 Å². The number of halogens is 2. The Bertz CT molecular complexity index is 897. The van der Waals surface area contributed by atoms with Crippen LogP contribution >= 0.6 is 0 Å². The van der Waals surface area contributed by atoms with Crippen molar-refractivity contribution in [2.45, 2.75) is 34.1 Å². The average Bonchev–Trinajstić information content (AvgIpc) is 2.65. The van der Waals surface area contributed by atoms with Crippen LogP contribution in [0.5, 0.6) is 5.75 Å². The summed E-state index contributed by atoms with van der Waals surface area (Å²) in [7, 11) is 0. The maximum absolute atomic E-state index is 14.5. The van der Waals surface area contributed by atoms with Crippen molar-refractivity contribution >= 4 is 5.97 Å². The summed E-state index contributed by atoms with van der Waals surface area (Å²) >= 11 is 0. The van der Waals surface area contributed by atoms with Crippen molar-refractivity contribution in [3.8, 4) is 16.9 Å². The first kappa shape index (κ1) is 20.4.